The van der Waals surface area contributed by atoms with Crippen molar-refractivity contribution < 1.29 is 27.9 Å². The Balaban J connectivity index is 1.61. The molecule has 0 fully saturated rings. The number of aliphatic hydroxyl groups is 1. The van der Waals surface area contributed by atoms with Crippen LogP contribution in [0, 0.1) is 0 Å². The highest BCUT2D eigenvalue weighted by Gasteiger charge is 2.30. The first-order valence-electron chi connectivity index (χ1n) is 9.79. The molecule has 0 saturated heterocycles. The molecule has 166 valence electrons. The molecule has 0 aromatic heterocycles. The van der Waals surface area contributed by atoms with Gasteiger partial charge in [0.25, 0.3) is 5.91 Å². The van der Waals surface area contributed by atoms with Crippen molar-refractivity contribution in [3.05, 3.63) is 95.6 Å². The maximum atomic E-state index is 12.7. The van der Waals surface area contributed by atoms with Crippen molar-refractivity contribution in [1.82, 2.24) is 10.6 Å². The van der Waals surface area contributed by atoms with Crippen molar-refractivity contribution in [2.24, 2.45) is 0 Å². The van der Waals surface area contributed by atoms with Gasteiger partial charge in [0.1, 0.15) is 6.04 Å². The van der Waals surface area contributed by atoms with Gasteiger partial charge in [-0.1, -0.05) is 54.6 Å². The molecule has 0 unspecified atom stereocenters. The Morgan fingerprint density at radius 1 is 0.844 bits per heavy atom. The van der Waals surface area contributed by atoms with Crippen LogP contribution in [0.3, 0.4) is 0 Å². The zero-order chi connectivity index (χ0) is 23.1. The largest absolute Gasteiger partial charge is 0.416 e. The molecule has 0 heterocycles. The molecule has 0 bridgehead atoms. The number of alkyl halides is 3. The van der Waals surface area contributed by atoms with Crippen LogP contribution in [0.15, 0.2) is 78.9 Å². The molecule has 3 rings (SSSR count). The van der Waals surface area contributed by atoms with E-state index in [1.165, 1.54) is 24.3 Å². The number of nitrogens with one attached hydrogen (secondary N) is 2. The normalized spacial score (nSPS) is 12.1. The maximum absolute atomic E-state index is 12.7. The van der Waals surface area contributed by atoms with E-state index >= 15 is 0 Å². The number of hydrogen-bond donors (Lipinski definition) is 3. The average Bonchev–Trinajstić information content (AvgIpc) is 2.81. The fourth-order valence-corrected chi connectivity index (χ4v) is 3.01. The lowest BCUT2D eigenvalue weighted by Crippen LogP contribution is -2.48. The summed E-state index contributed by atoms with van der Waals surface area (Å²) in [7, 11) is 0. The number of rotatable bonds is 7. The Morgan fingerprint density at radius 3 is 1.94 bits per heavy atom. The molecule has 0 radical (unpaired) electrons. The molecular formula is C24H21F3N2O3. The molecular weight excluding hydrogens is 421 g/mol. The minimum atomic E-state index is -4.41. The van der Waals surface area contributed by atoms with Crippen LogP contribution in [-0.2, 0) is 17.5 Å². The van der Waals surface area contributed by atoms with E-state index in [-0.39, 0.29) is 12.1 Å². The smallest absolute Gasteiger partial charge is 0.394 e. The second kappa shape index (κ2) is 10.1. The maximum Gasteiger partial charge on any atom is 0.416 e. The first-order valence-corrected chi connectivity index (χ1v) is 9.79. The summed E-state index contributed by atoms with van der Waals surface area (Å²) in [6, 6.07) is 19.0. The topological polar surface area (TPSA) is 78.4 Å². The van der Waals surface area contributed by atoms with Crippen molar-refractivity contribution in [1.29, 1.82) is 0 Å². The van der Waals surface area contributed by atoms with Gasteiger partial charge in [-0.2, -0.15) is 13.2 Å². The lowest BCUT2D eigenvalue weighted by atomic mass is 10.0. The molecule has 5 nitrogen and oxygen atoms in total. The SMILES string of the molecule is O=C(N[C@@H](CO)C(=O)NCc1ccccc1)c1ccc(-c2ccc(C(F)(F)F)cc2)cc1. The van der Waals surface area contributed by atoms with E-state index in [1.54, 1.807) is 12.1 Å². The molecule has 3 aromatic carbocycles. The zero-order valence-corrected chi connectivity index (χ0v) is 16.9. The van der Waals surface area contributed by atoms with Crippen LogP contribution in [0.2, 0.25) is 0 Å². The van der Waals surface area contributed by atoms with Gasteiger partial charge in [-0.05, 0) is 41.0 Å². The molecule has 0 saturated carbocycles. The third-order valence-corrected chi connectivity index (χ3v) is 4.81. The second-order valence-electron chi connectivity index (χ2n) is 7.06. The lowest BCUT2D eigenvalue weighted by molar-refractivity contribution is -0.137. The van der Waals surface area contributed by atoms with Gasteiger partial charge >= 0.3 is 6.18 Å². The van der Waals surface area contributed by atoms with E-state index in [4.69, 9.17) is 0 Å². The summed E-state index contributed by atoms with van der Waals surface area (Å²) in [6.45, 7) is -0.316. The highest BCUT2D eigenvalue weighted by atomic mass is 19.4. The summed E-state index contributed by atoms with van der Waals surface area (Å²) in [5, 5.41) is 14.6. The van der Waals surface area contributed by atoms with Gasteiger partial charge in [0.15, 0.2) is 0 Å². The first-order chi connectivity index (χ1) is 15.3. The Kier molecular flexibility index (Phi) is 7.27. The quantitative estimate of drug-likeness (QED) is 0.521. The summed E-state index contributed by atoms with van der Waals surface area (Å²) in [5.74, 6) is -1.08. The third-order valence-electron chi connectivity index (χ3n) is 4.81. The summed E-state index contributed by atoms with van der Waals surface area (Å²) in [6.07, 6.45) is -4.41. The zero-order valence-electron chi connectivity index (χ0n) is 16.9. The van der Waals surface area contributed by atoms with Crippen LogP contribution in [0.5, 0.6) is 0 Å². The van der Waals surface area contributed by atoms with Crippen molar-refractivity contribution in [2.75, 3.05) is 6.61 Å². The minimum absolute atomic E-state index is 0.245. The molecule has 2 amide bonds. The van der Waals surface area contributed by atoms with Gasteiger partial charge < -0.3 is 15.7 Å². The number of carbonyl (C=O) groups excluding carboxylic acids is 2. The van der Waals surface area contributed by atoms with E-state index in [9.17, 15) is 27.9 Å². The number of hydrogen-bond acceptors (Lipinski definition) is 3. The molecule has 0 aliphatic carbocycles. The Hall–Kier alpha value is -3.65. The molecule has 0 aliphatic rings. The van der Waals surface area contributed by atoms with Crippen LogP contribution in [-0.4, -0.2) is 29.6 Å². The van der Waals surface area contributed by atoms with Crippen LogP contribution in [0.4, 0.5) is 13.2 Å². The van der Waals surface area contributed by atoms with Crippen LogP contribution >= 0.6 is 0 Å². The van der Waals surface area contributed by atoms with Gasteiger partial charge in [0.2, 0.25) is 5.91 Å². The number of halogens is 3. The Bertz CT molecular complexity index is 1050. The standard InChI is InChI=1S/C24H21F3N2O3/c25-24(26,27)20-12-10-18(11-13-20)17-6-8-19(9-7-17)22(31)29-21(15-30)23(32)28-14-16-4-2-1-3-5-16/h1-13,21,30H,14-15H2,(H,28,32)(H,29,31)/t21-/m0/s1. The molecule has 3 N–H and O–H groups in total. The summed E-state index contributed by atoms with van der Waals surface area (Å²) < 4.78 is 38.1. The summed E-state index contributed by atoms with van der Waals surface area (Å²) in [4.78, 5) is 24.8. The van der Waals surface area contributed by atoms with Crippen molar-refractivity contribution in [3.8, 4) is 11.1 Å². The average molecular weight is 442 g/mol. The van der Waals surface area contributed by atoms with E-state index in [0.29, 0.717) is 11.1 Å². The van der Waals surface area contributed by atoms with E-state index in [1.807, 2.05) is 30.3 Å². The second-order valence-corrected chi connectivity index (χ2v) is 7.06. The molecule has 8 heteroatoms. The molecule has 1 atom stereocenters. The lowest BCUT2D eigenvalue weighted by Gasteiger charge is -2.16. The third kappa shape index (κ3) is 5.95. The van der Waals surface area contributed by atoms with Crippen LogP contribution in [0.25, 0.3) is 11.1 Å². The van der Waals surface area contributed by atoms with Gasteiger partial charge in [0, 0.05) is 12.1 Å². The Labute approximate surface area is 182 Å². The summed E-state index contributed by atoms with van der Waals surface area (Å²) in [5.41, 5.74) is 1.59. The van der Waals surface area contributed by atoms with Gasteiger partial charge in [-0.3, -0.25) is 9.59 Å². The van der Waals surface area contributed by atoms with E-state index in [2.05, 4.69) is 10.6 Å². The fourth-order valence-electron chi connectivity index (χ4n) is 3.01. The monoisotopic (exact) mass is 442 g/mol. The van der Waals surface area contributed by atoms with Crippen molar-refractivity contribution >= 4 is 11.8 Å². The summed E-state index contributed by atoms with van der Waals surface area (Å²) >= 11 is 0. The molecule has 0 spiro atoms. The number of amides is 2. The van der Waals surface area contributed by atoms with Crippen LogP contribution < -0.4 is 10.6 Å². The predicted octanol–water partition coefficient (Wildman–Crippen LogP) is 3.78. The van der Waals surface area contributed by atoms with Crippen molar-refractivity contribution in [2.45, 2.75) is 18.8 Å². The first kappa shape index (κ1) is 23.0. The fraction of sp³-hybridized carbons (Fsp3) is 0.167. The van der Waals surface area contributed by atoms with Crippen LogP contribution in [0.1, 0.15) is 21.5 Å². The number of aliphatic hydroxyl groups excluding tert-OH is 1. The number of carbonyl (C=O) groups is 2. The van der Waals surface area contributed by atoms with Gasteiger partial charge in [-0.25, -0.2) is 0 Å². The highest BCUT2D eigenvalue weighted by Crippen LogP contribution is 2.31. The van der Waals surface area contributed by atoms with Gasteiger partial charge in [-0.15, -0.1) is 0 Å². The van der Waals surface area contributed by atoms with Crippen molar-refractivity contribution in [3.63, 3.8) is 0 Å². The molecule has 0 aliphatic heterocycles. The Morgan fingerprint density at radius 2 is 1.41 bits per heavy atom. The number of benzene rings is 3. The minimum Gasteiger partial charge on any atom is -0.394 e. The molecule has 3 aromatic rings. The highest BCUT2D eigenvalue weighted by molar-refractivity contribution is 5.98. The predicted molar refractivity (Wildman–Crippen MR) is 114 cm³/mol. The molecule has 32 heavy (non-hydrogen) atoms. The van der Waals surface area contributed by atoms with E-state index in [0.717, 1.165) is 17.7 Å². The van der Waals surface area contributed by atoms with E-state index < -0.39 is 36.2 Å². The van der Waals surface area contributed by atoms with Gasteiger partial charge in [0.05, 0.1) is 12.2 Å².